The first kappa shape index (κ1) is 22.2. The highest BCUT2D eigenvalue weighted by Crippen LogP contribution is 2.35. The molecule has 0 unspecified atom stereocenters. The number of nitrogens with one attached hydrogen (secondary N) is 1. The SMILES string of the molecule is CCCN1C(=O)C(NC(=O)OCc2ccccc2)=CN(CC(F)(F)F)c2ccccc21. The lowest BCUT2D eigenvalue weighted by Crippen LogP contribution is -2.38. The van der Waals surface area contributed by atoms with Gasteiger partial charge in [0.2, 0.25) is 0 Å². The minimum atomic E-state index is -4.52. The zero-order valence-corrected chi connectivity index (χ0v) is 16.9. The molecule has 164 valence electrons. The third kappa shape index (κ3) is 5.78. The molecule has 6 nitrogen and oxygen atoms in total. The molecule has 9 heteroatoms. The summed E-state index contributed by atoms with van der Waals surface area (Å²) in [5.74, 6) is -0.615. The van der Waals surface area contributed by atoms with Gasteiger partial charge < -0.3 is 14.5 Å². The summed E-state index contributed by atoms with van der Waals surface area (Å²) in [5, 5.41) is 2.32. The molecule has 31 heavy (non-hydrogen) atoms. The van der Waals surface area contributed by atoms with E-state index in [-0.39, 0.29) is 24.5 Å². The number of rotatable bonds is 6. The molecule has 0 saturated heterocycles. The molecule has 0 bridgehead atoms. The summed E-state index contributed by atoms with van der Waals surface area (Å²) in [5.41, 5.74) is 0.991. The van der Waals surface area contributed by atoms with Crippen LogP contribution in [0.3, 0.4) is 0 Å². The summed E-state index contributed by atoms with van der Waals surface area (Å²) >= 11 is 0. The molecule has 1 aliphatic heterocycles. The second-order valence-electron chi connectivity index (χ2n) is 6.92. The summed E-state index contributed by atoms with van der Waals surface area (Å²) in [6, 6.07) is 15.2. The maximum absolute atomic E-state index is 13.2. The molecular formula is C22H22F3N3O3. The first-order chi connectivity index (χ1) is 14.8. The van der Waals surface area contributed by atoms with Crippen LogP contribution in [0.5, 0.6) is 0 Å². The Morgan fingerprint density at radius 2 is 1.68 bits per heavy atom. The van der Waals surface area contributed by atoms with Crippen LogP contribution in [0.1, 0.15) is 18.9 Å². The van der Waals surface area contributed by atoms with E-state index in [1.807, 2.05) is 13.0 Å². The van der Waals surface area contributed by atoms with E-state index in [0.29, 0.717) is 12.1 Å². The van der Waals surface area contributed by atoms with Crippen LogP contribution < -0.4 is 15.1 Å². The van der Waals surface area contributed by atoms with Crippen molar-refractivity contribution < 1.29 is 27.5 Å². The van der Waals surface area contributed by atoms with Gasteiger partial charge in [-0.3, -0.25) is 10.1 Å². The highest BCUT2D eigenvalue weighted by Gasteiger charge is 2.35. The number of nitrogens with zero attached hydrogens (tertiary/aromatic N) is 2. The molecule has 3 rings (SSSR count). The smallest absolute Gasteiger partial charge is 0.412 e. The number of hydrogen-bond donors (Lipinski definition) is 1. The van der Waals surface area contributed by atoms with Gasteiger partial charge in [0.1, 0.15) is 18.8 Å². The number of carbonyl (C=O) groups is 2. The van der Waals surface area contributed by atoms with Crippen LogP contribution in [-0.2, 0) is 16.1 Å². The van der Waals surface area contributed by atoms with E-state index in [0.717, 1.165) is 16.7 Å². The minimum absolute atomic E-state index is 0.0424. The van der Waals surface area contributed by atoms with Crippen LogP contribution in [0, 0.1) is 0 Å². The van der Waals surface area contributed by atoms with Crippen LogP contribution in [0.2, 0.25) is 0 Å². The molecule has 2 aromatic carbocycles. The highest BCUT2D eigenvalue weighted by atomic mass is 19.4. The number of para-hydroxylation sites is 2. The molecule has 2 amide bonds. The fourth-order valence-electron chi connectivity index (χ4n) is 3.20. The zero-order chi connectivity index (χ0) is 22.4. The minimum Gasteiger partial charge on any atom is -0.444 e. The number of alkyl halides is 3. The maximum Gasteiger partial charge on any atom is 0.412 e. The van der Waals surface area contributed by atoms with E-state index >= 15 is 0 Å². The van der Waals surface area contributed by atoms with Crippen molar-refractivity contribution >= 4 is 23.4 Å². The second-order valence-corrected chi connectivity index (χ2v) is 6.92. The molecule has 1 heterocycles. The Morgan fingerprint density at radius 3 is 2.32 bits per heavy atom. The summed E-state index contributed by atoms with van der Waals surface area (Å²) in [6.45, 7) is 0.758. The predicted molar refractivity (Wildman–Crippen MR) is 110 cm³/mol. The molecule has 0 aromatic heterocycles. The van der Waals surface area contributed by atoms with E-state index < -0.39 is 24.7 Å². The van der Waals surface area contributed by atoms with Crippen molar-refractivity contribution in [2.75, 3.05) is 22.9 Å². The number of alkyl carbamates (subject to hydrolysis) is 1. The molecule has 1 N–H and O–H groups in total. The topological polar surface area (TPSA) is 61.9 Å². The van der Waals surface area contributed by atoms with Gasteiger partial charge in [0.25, 0.3) is 5.91 Å². The molecule has 0 aliphatic carbocycles. The van der Waals surface area contributed by atoms with Crippen molar-refractivity contribution in [1.82, 2.24) is 5.32 Å². The van der Waals surface area contributed by atoms with Crippen molar-refractivity contribution in [2.24, 2.45) is 0 Å². The molecule has 0 fully saturated rings. The maximum atomic E-state index is 13.2. The number of carbonyl (C=O) groups excluding carboxylic acids is 2. The van der Waals surface area contributed by atoms with Crippen LogP contribution in [0.15, 0.2) is 66.5 Å². The summed E-state index contributed by atoms with van der Waals surface area (Å²) < 4.78 is 44.8. The average molecular weight is 433 g/mol. The van der Waals surface area contributed by atoms with Gasteiger partial charge in [-0.05, 0) is 24.1 Å². The van der Waals surface area contributed by atoms with Crippen molar-refractivity contribution in [3.8, 4) is 0 Å². The van der Waals surface area contributed by atoms with Crippen LogP contribution in [0.25, 0.3) is 0 Å². The van der Waals surface area contributed by atoms with E-state index in [1.54, 1.807) is 42.5 Å². The Labute approximate surface area is 177 Å². The molecule has 1 aliphatic rings. The summed E-state index contributed by atoms with van der Waals surface area (Å²) in [4.78, 5) is 27.7. The molecule has 2 aromatic rings. The average Bonchev–Trinajstić information content (AvgIpc) is 2.83. The number of benzene rings is 2. The van der Waals surface area contributed by atoms with Gasteiger partial charge in [-0.15, -0.1) is 0 Å². The number of amides is 2. The lowest BCUT2D eigenvalue weighted by Gasteiger charge is -2.26. The van der Waals surface area contributed by atoms with E-state index in [4.69, 9.17) is 4.74 Å². The number of halogens is 3. The number of hydrogen-bond acceptors (Lipinski definition) is 4. The van der Waals surface area contributed by atoms with Crippen molar-refractivity contribution in [1.29, 1.82) is 0 Å². The van der Waals surface area contributed by atoms with Gasteiger partial charge in [-0.1, -0.05) is 49.4 Å². The Kier molecular flexibility index (Phi) is 6.84. The Bertz CT molecular complexity index is 961. The van der Waals surface area contributed by atoms with Crippen LogP contribution in [-0.4, -0.2) is 31.3 Å². The normalized spacial score (nSPS) is 13.9. The van der Waals surface area contributed by atoms with E-state index in [2.05, 4.69) is 5.32 Å². The van der Waals surface area contributed by atoms with Crippen LogP contribution >= 0.6 is 0 Å². The molecule has 0 atom stereocenters. The fourth-order valence-corrected chi connectivity index (χ4v) is 3.20. The first-order valence-corrected chi connectivity index (χ1v) is 9.72. The number of fused-ring (bicyclic) bond motifs is 1. The Hall–Kier alpha value is -3.49. The second kappa shape index (κ2) is 9.55. The molecule has 0 saturated carbocycles. The van der Waals surface area contributed by atoms with Gasteiger partial charge in [0.05, 0.1) is 11.4 Å². The van der Waals surface area contributed by atoms with Crippen molar-refractivity contribution in [3.63, 3.8) is 0 Å². The summed E-state index contributed by atoms with van der Waals surface area (Å²) in [6.07, 6.45) is -3.87. The standard InChI is InChI=1S/C22H22F3N3O3/c1-2-12-28-19-11-7-6-10-18(19)27(15-22(23,24)25)13-17(20(28)29)26-21(30)31-14-16-8-4-3-5-9-16/h3-11,13H,2,12,14-15H2,1H3,(H,26,30). The van der Waals surface area contributed by atoms with E-state index in [9.17, 15) is 22.8 Å². The van der Waals surface area contributed by atoms with Gasteiger partial charge >= 0.3 is 12.3 Å². The predicted octanol–water partition coefficient (Wildman–Crippen LogP) is 4.58. The largest absolute Gasteiger partial charge is 0.444 e. The highest BCUT2D eigenvalue weighted by molar-refractivity contribution is 6.10. The third-order valence-corrected chi connectivity index (χ3v) is 4.49. The summed E-state index contributed by atoms with van der Waals surface area (Å²) in [7, 11) is 0. The Balaban J connectivity index is 1.88. The quantitative estimate of drug-likeness (QED) is 0.725. The molecular weight excluding hydrogens is 411 g/mol. The lowest BCUT2D eigenvalue weighted by atomic mass is 10.2. The van der Waals surface area contributed by atoms with Gasteiger partial charge in [-0.25, -0.2) is 4.79 Å². The van der Waals surface area contributed by atoms with Gasteiger partial charge in [0, 0.05) is 12.7 Å². The number of ether oxygens (including phenoxy) is 1. The third-order valence-electron chi connectivity index (χ3n) is 4.49. The molecule has 0 radical (unpaired) electrons. The Morgan fingerprint density at radius 1 is 1.03 bits per heavy atom. The van der Waals surface area contributed by atoms with E-state index in [1.165, 1.54) is 11.0 Å². The van der Waals surface area contributed by atoms with Crippen molar-refractivity contribution in [2.45, 2.75) is 26.1 Å². The zero-order valence-electron chi connectivity index (χ0n) is 16.9. The van der Waals surface area contributed by atoms with Gasteiger partial charge in [-0.2, -0.15) is 13.2 Å². The molecule has 0 spiro atoms. The fraction of sp³-hybridized carbons (Fsp3) is 0.273. The van der Waals surface area contributed by atoms with Crippen LogP contribution in [0.4, 0.5) is 29.3 Å². The lowest BCUT2D eigenvalue weighted by molar-refractivity contribution is -0.119. The number of anilines is 2. The van der Waals surface area contributed by atoms with Crippen molar-refractivity contribution in [3.05, 3.63) is 72.1 Å². The monoisotopic (exact) mass is 433 g/mol. The van der Waals surface area contributed by atoms with Gasteiger partial charge in [0.15, 0.2) is 0 Å². The first-order valence-electron chi connectivity index (χ1n) is 9.72.